The van der Waals surface area contributed by atoms with Gasteiger partial charge in [-0.25, -0.2) is 0 Å². The topological polar surface area (TPSA) is 81.2 Å². The lowest BCUT2D eigenvalue weighted by Crippen LogP contribution is -2.13. The molecule has 1 heterocycles. The number of amides is 1. The monoisotopic (exact) mass is 317 g/mol. The molecule has 1 aromatic heterocycles. The van der Waals surface area contributed by atoms with Gasteiger partial charge < -0.3 is 10.1 Å². The Balaban J connectivity index is 1.89. The molecule has 2 aromatic rings. The van der Waals surface area contributed by atoms with Crippen LogP contribution in [0.4, 0.5) is 5.82 Å². The first-order valence-corrected chi connectivity index (χ1v) is 7.66. The highest BCUT2D eigenvalue weighted by atomic mass is 32.2. The van der Waals surface area contributed by atoms with Crippen LogP contribution in [-0.2, 0) is 9.53 Å². The lowest BCUT2D eigenvalue weighted by molar-refractivity contribution is -0.139. The minimum atomic E-state index is -0.296. The third kappa shape index (κ3) is 4.85. The van der Waals surface area contributed by atoms with Gasteiger partial charge in [-0.05, 0) is 31.2 Å². The number of nitrogens with one attached hydrogen (secondary N) is 1. The molecule has 7 heteroatoms. The highest BCUT2D eigenvalue weighted by molar-refractivity contribution is 7.99. The molecule has 0 saturated carbocycles. The highest BCUT2D eigenvalue weighted by Crippen LogP contribution is 2.16. The van der Waals surface area contributed by atoms with Gasteiger partial charge in [-0.3, -0.25) is 9.59 Å². The molecule has 0 bridgehead atoms. The largest absolute Gasteiger partial charge is 0.465 e. The molecule has 0 fully saturated rings. The highest BCUT2D eigenvalue weighted by Gasteiger charge is 2.08. The molecule has 0 radical (unpaired) electrons. The Morgan fingerprint density at radius 1 is 1.14 bits per heavy atom. The summed E-state index contributed by atoms with van der Waals surface area (Å²) in [7, 11) is 0. The normalized spacial score (nSPS) is 10.0. The summed E-state index contributed by atoms with van der Waals surface area (Å²) in [4.78, 5) is 23.2. The third-order valence-corrected chi connectivity index (χ3v) is 3.45. The van der Waals surface area contributed by atoms with Crippen molar-refractivity contribution in [1.82, 2.24) is 10.2 Å². The lowest BCUT2D eigenvalue weighted by atomic mass is 10.2. The summed E-state index contributed by atoms with van der Waals surface area (Å²) >= 11 is 1.23. The van der Waals surface area contributed by atoms with E-state index in [9.17, 15) is 9.59 Å². The van der Waals surface area contributed by atoms with Gasteiger partial charge in [0.15, 0.2) is 5.82 Å². The van der Waals surface area contributed by atoms with E-state index in [2.05, 4.69) is 15.5 Å². The first kappa shape index (κ1) is 16.0. The van der Waals surface area contributed by atoms with E-state index in [1.165, 1.54) is 11.8 Å². The van der Waals surface area contributed by atoms with Gasteiger partial charge >= 0.3 is 5.97 Å². The second-order valence-corrected chi connectivity index (χ2v) is 5.17. The zero-order valence-electron chi connectivity index (χ0n) is 12.0. The maximum Gasteiger partial charge on any atom is 0.316 e. The Bertz CT molecular complexity index is 632. The summed E-state index contributed by atoms with van der Waals surface area (Å²) < 4.78 is 4.82. The van der Waals surface area contributed by atoms with Crippen molar-refractivity contribution in [3.05, 3.63) is 48.0 Å². The second-order valence-electron chi connectivity index (χ2n) is 4.17. The summed E-state index contributed by atoms with van der Waals surface area (Å²) in [5, 5.41) is 11.1. The van der Waals surface area contributed by atoms with Gasteiger partial charge in [-0.15, -0.1) is 10.2 Å². The number of benzene rings is 1. The Labute approximate surface area is 132 Å². The van der Waals surface area contributed by atoms with Gasteiger partial charge in [0.2, 0.25) is 0 Å². The van der Waals surface area contributed by atoms with Gasteiger partial charge in [0.1, 0.15) is 5.03 Å². The maximum absolute atomic E-state index is 11.9. The molecule has 2 rings (SSSR count). The van der Waals surface area contributed by atoms with Crippen LogP contribution >= 0.6 is 11.8 Å². The zero-order chi connectivity index (χ0) is 15.8. The van der Waals surface area contributed by atoms with Gasteiger partial charge in [0.05, 0.1) is 12.4 Å². The summed E-state index contributed by atoms with van der Waals surface area (Å²) in [6.07, 6.45) is 0. The Kier molecular flexibility index (Phi) is 5.91. The van der Waals surface area contributed by atoms with Crippen LogP contribution in [0.1, 0.15) is 17.3 Å². The first-order valence-electron chi connectivity index (χ1n) is 6.67. The van der Waals surface area contributed by atoms with Crippen LogP contribution < -0.4 is 5.32 Å². The molecule has 0 aliphatic heterocycles. The zero-order valence-corrected chi connectivity index (χ0v) is 12.8. The molecule has 1 amide bonds. The van der Waals surface area contributed by atoms with Gasteiger partial charge in [0, 0.05) is 5.56 Å². The lowest BCUT2D eigenvalue weighted by Gasteiger charge is -2.04. The molecule has 1 N–H and O–H groups in total. The molecule has 22 heavy (non-hydrogen) atoms. The van der Waals surface area contributed by atoms with E-state index in [0.717, 1.165) is 0 Å². The number of ether oxygens (including phenoxy) is 1. The van der Waals surface area contributed by atoms with Crippen LogP contribution in [0, 0.1) is 0 Å². The molecule has 0 saturated heterocycles. The van der Waals surface area contributed by atoms with E-state index in [0.29, 0.717) is 23.0 Å². The van der Waals surface area contributed by atoms with Crippen molar-refractivity contribution in [1.29, 1.82) is 0 Å². The molecule has 0 spiro atoms. The van der Waals surface area contributed by atoms with E-state index in [1.54, 1.807) is 43.3 Å². The first-order chi connectivity index (χ1) is 10.7. The molecule has 0 atom stereocenters. The van der Waals surface area contributed by atoms with Crippen molar-refractivity contribution in [2.45, 2.75) is 11.9 Å². The van der Waals surface area contributed by atoms with Crippen molar-refractivity contribution in [2.75, 3.05) is 17.7 Å². The maximum atomic E-state index is 11.9. The SMILES string of the molecule is CCOC(=O)CSc1ccc(NC(=O)c2ccccc2)nn1. The summed E-state index contributed by atoms with van der Waals surface area (Å²) in [5.74, 6) is -0.00923. The predicted molar refractivity (Wildman–Crippen MR) is 83.8 cm³/mol. The molecular formula is C15H15N3O3S. The fourth-order valence-electron chi connectivity index (χ4n) is 1.58. The molecule has 114 valence electrons. The molecule has 0 aliphatic carbocycles. The van der Waals surface area contributed by atoms with Gasteiger partial charge in [0.25, 0.3) is 5.91 Å². The number of carbonyl (C=O) groups excluding carboxylic acids is 2. The van der Waals surface area contributed by atoms with Crippen LogP contribution in [0.25, 0.3) is 0 Å². The number of hydrogen-bond donors (Lipinski definition) is 1. The molecule has 6 nitrogen and oxygen atoms in total. The number of aromatic nitrogens is 2. The summed E-state index contributed by atoms with van der Waals surface area (Å²) in [6.45, 7) is 2.11. The molecular weight excluding hydrogens is 302 g/mol. The summed E-state index contributed by atoms with van der Waals surface area (Å²) in [5.41, 5.74) is 0.546. The van der Waals surface area contributed by atoms with E-state index < -0.39 is 0 Å². The molecule has 1 aromatic carbocycles. The second kappa shape index (κ2) is 8.14. The fraction of sp³-hybridized carbons (Fsp3) is 0.200. The van der Waals surface area contributed by atoms with Crippen LogP contribution in [0.5, 0.6) is 0 Å². The van der Waals surface area contributed by atoms with Crippen LogP contribution in [0.3, 0.4) is 0 Å². The van der Waals surface area contributed by atoms with Crippen LogP contribution in [0.15, 0.2) is 47.5 Å². The quantitative estimate of drug-likeness (QED) is 0.651. The van der Waals surface area contributed by atoms with E-state index >= 15 is 0 Å². The minimum Gasteiger partial charge on any atom is -0.465 e. The average Bonchev–Trinajstić information content (AvgIpc) is 2.55. The minimum absolute atomic E-state index is 0.179. The molecule has 0 unspecified atom stereocenters. The number of rotatable bonds is 6. The average molecular weight is 317 g/mol. The van der Waals surface area contributed by atoms with Gasteiger partial charge in [-0.1, -0.05) is 30.0 Å². The number of carbonyl (C=O) groups is 2. The van der Waals surface area contributed by atoms with Gasteiger partial charge in [-0.2, -0.15) is 0 Å². The number of anilines is 1. The number of nitrogens with zero attached hydrogens (tertiary/aromatic N) is 2. The summed E-state index contributed by atoms with van der Waals surface area (Å²) in [6, 6.07) is 12.2. The van der Waals surface area contributed by atoms with Crippen LogP contribution in [-0.4, -0.2) is 34.4 Å². The van der Waals surface area contributed by atoms with Crippen LogP contribution in [0.2, 0.25) is 0 Å². The molecule has 0 aliphatic rings. The van der Waals surface area contributed by atoms with Crippen molar-refractivity contribution in [3.8, 4) is 0 Å². The Hall–Kier alpha value is -2.41. The van der Waals surface area contributed by atoms with E-state index in [1.807, 2.05) is 6.07 Å². The smallest absolute Gasteiger partial charge is 0.316 e. The third-order valence-electron chi connectivity index (χ3n) is 2.56. The van der Waals surface area contributed by atoms with Crippen molar-refractivity contribution >= 4 is 29.5 Å². The van der Waals surface area contributed by atoms with E-state index in [-0.39, 0.29) is 17.6 Å². The standard InChI is InChI=1S/C15H15N3O3S/c1-2-21-14(19)10-22-13-9-8-12(17-18-13)16-15(20)11-6-4-3-5-7-11/h3-9H,2,10H2,1H3,(H,16,17,20). The van der Waals surface area contributed by atoms with Crippen molar-refractivity contribution in [3.63, 3.8) is 0 Å². The number of esters is 1. The van der Waals surface area contributed by atoms with Crippen molar-refractivity contribution in [2.24, 2.45) is 0 Å². The van der Waals surface area contributed by atoms with E-state index in [4.69, 9.17) is 4.74 Å². The predicted octanol–water partition coefficient (Wildman–Crippen LogP) is 2.38. The number of thioether (sulfide) groups is 1. The van der Waals surface area contributed by atoms with Crippen molar-refractivity contribution < 1.29 is 14.3 Å². The fourth-order valence-corrected chi connectivity index (χ4v) is 2.19. The Morgan fingerprint density at radius 3 is 2.55 bits per heavy atom. The Morgan fingerprint density at radius 2 is 1.91 bits per heavy atom. The number of hydrogen-bond acceptors (Lipinski definition) is 6.